The fraction of sp³-hybridized carbons (Fsp3) is 0.286. The molecule has 1 saturated heterocycles. The van der Waals surface area contributed by atoms with Gasteiger partial charge in [-0.2, -0.15) is 0 Å². The van der Waals surface area contributed by atoms with E-state index in [2.05, 4.69) is 76.4 Å². The van der Waals surface area contributed by atoms with E-state index in [1.165, 1.54) is 16.5 Å². The molecule has 5 heteroatoms. The molecule has 168 valence electrons. The van der Waals surface area contributed by atoms with E-state index in [-0.39, 0.29) is 11.8 Å². The van der Waals surface area contributed by atoms with Crippen molar-refractivity contribution in [2.45, 2.75) is 19.9 Å². The summed E-state index contributed by atoms with van der Waals surface area (Å²) < 4.78 is 0. The Bertz CT molecular complexity index is 1230. The number of nitrogens with one attached hydrogen (secondary N) is 1. The zero-order valence-electron chi connectivity index (χ0n) is 19.1. The van der Waals surface area contributed by atoms with Crippen LogP contribution in [-0.2, 0) is 17.8 Å². The number of benzene rings is 2. The lowest BCUT2D eigenvalue weighted by Gasteiger charge is -2.24. The maximum atomic E-state index is 13.4. The molecule has 0 saturated carbocycles. The fourth-order valence-electron chi connectivity index (χ4n) is 4.95. The summed E-state index contributed by atoms with van der Waals surface area (Å²) in [5, 5.41) is 1.23. The third kappa shape index (κ3) is 4.69. The van der Waals surface area contributed by atoms with Gasteiger partial charge in [0.05, 0.1) is 5.92 Å². The van der Waals surface area contributed by atoms with Crippen LogP contribution in [0.25, 0.3) is 22.0 Å². The summed E-state index contributed by atoms with van der Waals surface area (Å²) in [6, 6.07) is 21.2. The van der Waals surface area contributed by atoms with Gasteiger partial charge in [0.2, 0.25) is 5.91 Å². The first-order valence-electron chi connectivity index (χ1n) is 11.8. The molecule has 0 spiro atoms. The molecule has 1 aliphatic rings. The number of carbonyl (C=O) groups excluding carboxylic acids is 1. The molecule has 2 aromatic heterocycles. The number of aromatic amines is 1. The third-order valence-corrected chi connectivity index (χ3v) is 6.69. The van der Waals surface area contributed by atoms with Crippen LogP contribution >= 0.6 is 0 Å². The molecule has 5 nitrogen and oxygen atoms in total. The molecule has 1 N–H and O–H groups in total. The Labute approximate surface area is 195 Å². The van der Waals surface area contributed by atoms with Crippen LogP contribution in [0.4, 0.5) is 0 Å². The van der Waals surface area contributed by atoms with Crippen LogP contribution in [0.3, 0.4) is 0 Å². The van der Waals surface area contributed by atoms with E-state index in [1.54, 1.807) is 6.20 Å². The highest BCUT2D eigenvalue weighted by molar-refractivity contribution is 5.81. The monoisotopic (exact) mass is 438 g/mol. The van der Waals surface area contributed by atoms with Crippen molar-refractivity contribution in [3.63, 3.8) is 0 Å². The van der Waals surface area contributed by atoms with Gasteiger partial charge in [0.1, 0.15) is 0 Å². The standard InChI is InChI=1S/C28H30N4O/c1-2-32-15-14-31(19-21-9-10-27-23(16-21)11-13-30-27)20-25(28(32)33)17-22-6-3-4-8-26(22)24-7-5-12-29-18-24/h3-13,16,18,25,30H,2,14-15,17,19-20H2,1H3. The molecule has 1 fully saturated rings. The van der Waals surface area contributed by atoms with Crippen molar-refractivity contribution in [3.05, 3.63) is 90.4 Å². The van der Waals surface area contributed by atoms with Crippen molar-refractivity contribution in [1.29, 1.82) is 0 Å². The van der Waals surface area contributed by atoms with Crippen molar-refractivity contribution in [2.75, 3.05) is 26.2 Å². The summed E-state index contributed by atoms with van der Waals surface area (Å²) in [5.41, 5.74) is 5.91. The first kappa shape index (κ1) is 21.4. The summed E-state index contributed by atoms with van der Waals surface area (Å²) >= 11 is 0. The fourth-order valence-corrected chi connectivity index (χ4v) is 4.95. The number of H-pyrrole nitrogens is 1. The molecule has 1 atom stereocenters. The summed E-state index contributed by atoms with van der Waals surface area (Å²) in [4.78, 5) is 25.5. The largest absolute Gasteiger partial charge is 0.361 e. The number of likely N-dealkylation sites (N-methyl/N-ethyl adjacent to an activating group) is 1. The van der Waals surface area contributed by atoms with E-state index in [9.17, 15) is 4.79 Å². The predicted molar refractivity (Wildman–Crippen MR) is 133 cm³/mol. The van der Waals surface area contributed by atoms with E-state index in [0.717, 1.165) is 55.8 Å². The summed E-state index contributed by atoms with van der Waals surface area (Å²) in [7, 11) is 0. The lowest BCUT2D eigenvalue weighted by Crippen LogP contribution is -2.37. The number of amides is 1. The van der Waals surface area contributed by atoms with Gasteiger partial charge in [-0.05, 0) is 59.7 Å². The van der Waals surface area contributed by atoms with E-state index in [1.807, 2.05) is 23.4 Å². The Hall–Kier alpha value is -3.44. The number of aromatic nitrogens is 2. The van der Waals surface area contributed by atoms with Gasteiger partial charge >= 0.3 is 0 Å². The Kier molecular flexibility index (Phi) is 6.22. The second kappa shape index (κ2) is 9.59. The molecule has 33 heavy (non-hydrogen) atoms. The maximum Gasteiger partial charge on any atom is 0.227 e. The van der Waals surface area contributed by atoms with Crippen LogP contribution in [0, 0.1) is 5.92 Å². The molecule has 1 aliphatic heterocycles. The lowest BCUT2D eigenvalue weighted by molar-refractivity contribution is -0.134. The lowest BCUT2D eigenvalue weighted by atomic mass is 9.91. The zero-order chi connectivity index (χ0) is 22.6. The molecule has 1 unspecified atom stereocenters. The van der Waals surface area contributed by atoms with Gasteiger partial charge in [0.25, 0.3) is 0 Å². The minimum absolute atomic E-state index is 0.0683. The van der Waals surface area contributed by atoms with Crippen LogP contribution < -0.4 is 0 Å². The molecular weight excluding hydrogens is 408 g/mol. The van der Waals surface area contributed by atoms with Gasteiger partial charge < -0.3 is 9.88 Å². The summed E-state index contributed by atoms with van der Waals surface area (Å²) in [6.45, 7) is 6.12. The molecule has 3 heterocycles. The number of hydrogen-bond donors (Lipinski definition) is 1. The van der Waals surface area contributed by atoms with Crippen molar-refractivity contribution in [1.82, 2.24) is 19.8 Å². The molecule has 1 amide bonds. The average Bonchev–Trinajstić information content (AvgIpc) is 3.27. The van der Waals surface area contributed by atoms with Gasteiger partial charge in [-0.25, -0.2) is 0 Å². The van der Waals surface area contributed by atoms with E-state index in [4.69, 9.17) is 0 Å². The van der Waals surface area contributed by atoms with Crippen LogP contribution in [0.5, 0.6) is 0 Å². The normalized spacial score (nSPS) is 17.4. The van der Waals surface area contributed by atoms with Crippen LogP contribution in [0.15, 0.2) is 79.3 Å². The van der Waals surface area contributed by atoms with Crippen LogP contribution in [0.1, 0.15) is 18.1 Å². The zero-order valence-corrected chi connectivity index (χ0v) is 19.1. The Morgan fingerprint density at radius 3 is 2.82 bits per heavy atom. The van der Waals surface area contributed by atoms with Crippen LogP contribution in [-0.4, -0.2) is 51.9 Å². The van der Waals surface area contributed by atoms with Crippen molar-refractivity contribution < 1.29 is 4.79 Å². The van der Waals surface area contributed by atoms with Gasteiger partial charge in [-0.15, -0.1) is 0 Å². The number of pyridine rings is 1. The van der Waals surface area contributed by atoms with Crippen molar-refractivity contribution >= 4 is 16.8 Å². The van der Waals surface area contributed by atoms with Gasteiger partial charge in [0, 0.05) is 62.4 Å². The summed E-state index contributed by atoms with van der Waals surface area (Å²) in [6.07, 6.45) is 6.40. The highest BCUT2D eigenvalue weighted by atomic mass is 16.2. The number of fused-ring (bicyclic) bond motifs is 1. The van der Waals surface area contributed by atoms with Gasteiger partial charge in [0.15, 0.2) is 0 Å². The SMILES string of the molecule is CCN1CCN(Cc2ccc3[nH]ccc3c2)CC(Cc2ccccc2-c2cccnc2)C1=O. The van der Waals surface area contributed by atoms with E-state index >= 15 is 0 Å². The predicted octanol–water partition coefficient (Wildman–Crippen LogP) is 4.75. The molecule has 4 aromatic rings. The molecule has 0 radical (unpaired) electrons. The molecular formula is C28H30N4O. The smallest absolute Gasteiger partial charge is 0.227 e. The topological polar surface area (TPSA) is 52.2 Å². The third-order valence-electron chi connectivity index (χ3n) is 6.69. The van der Waals surface area contributed by atoms with Crippen LogP contribution in [0.2, 0.25) is 0 Å². The first-order chi connectivity index (χ1) is 16.2. The molecule has 5 rings (SSSR count). The van der Waals surface area contributed by atoms with Crippen molar-refractivity contribution in [2.24, 2.45) is 5.92 Å². The molecule has 2 aromatic carbocycles. The second-order valence-electron chi connectivity index (χ2n) is 8.85. The molecule has 0 bridgehead atoms. The minimum atomic E-state index is -0.0683. The van der Waals surface area contributed by atoms with Crippen molar-refractivity contribution in [3.8, 4) is 11.1 Å². The van der Waals surface area contributed by atoms with Gasteiger partial charge in [-0.3, -0.25) is 14.7 Å². The molecule has 0 aliphatic carbocycles. The number of carbonyl (C=O) groups is 1. The first-order valence-corrected chi connectivity index (χ1v) is 11.8. The highest BCUT2D eigenvalue weighted by Crippen LogP contribution is 2.27. The maximum absolute atomic E-state index is 13.4. The van der Waals surface area contributed by atoms with E-state index in [0.29, 0.717) is 0 Å². The quantitative estimate of drug-likeness (QED) is 0.473. The average molecular weight is 439 g/mol. The number of hydrogen-bond acceptors (Lipinski definition) is 3. The second-order valence-corrected chi connectivity index (χ2v) is 8.85. The number of rotatable bonds is 6. The summed E-state index contributed by atoms with van der Waals surface area (Å²) in [5.74, 6) is 0.198. The Morgan fingerprint density at radius 1 is 1.06 bits per heavy atom. The Morgan fingerprint density at radius 2 is 1.97 bits per heavy atom. The van der Waals surface area contributed by atoms with E-state index < -0.39 is 0 Å². The Balaban J connectivity index is 1.40. The van der Waals surface area contributed by atoms with Gasteiger partial charge in [-0.1, -0.05) is 36.4 Å². The highest BCUT2D eigenvalue weighted by Gasteiger charge is 2.30. The number of nitrogens with zero attached hydrogens (tertiary/aromatic N) is 3. The minimum Gasteiger partial charge on any atom is -0.361 e.